The fourth-order valence-corrected chi connectivity index (χ4v) is 1.63. The van der Waals surface area contributed by atoms with Gasteiger partial charge in [-0.3, -0.25) is 0 Å². The maximum absolute atomic E-state index is 13.0. The van der Waals surface area contributed by atoms with E-state index in [1.807, 2.05) is 6.07 Å². The van der Waals surface area contributed by atoms with Crippen molar-refractivity contribution in [2.75, 3.05) is 26.4 Å². The van der Waals surface area contributed by atoms with Gasteiger partial charge >= 0.3 is 0 Å². The average Bonchev–Trinajstić information content (AvgIpc) is 2.16. The molecule has 1 fully saturated rings. The summed E-state index contributed by atoms with van der Waals surface area (Å²) in [6.07, 6.45) is 0. The summed E-state index contributed by atoms with van der Waals surface area (Å²) in [4.78, 5) is 0. The zero-order valence-corrected chi connectivity index (χ0v) is 8.28. The molecule has 1 aromatic carbocycles. The van der Waals surface area contributed by atoms with Gasteiger partial charge in [-0.2, -0.15) is 0 Å². The Hall–Kier alpha value is -0.970. The Kier molecular flexibility index (Phi) is 3.00. The lowest BCUT2D eigenvalue weighted by Crippen LogP contribution is -2.49. The molecular weight excluding hydrogens is 199 g/mol. The minimum Gasteiger partial charge on any atom is -0.394 e. The lowest BCUT2D eigenvalue weighted by atomic mass is 9.91. The second-order valence-electron chi connectivity index (χ2n) is 3.57. The molecule has 0 saturated carbocycles. The van der Waals surface area contributed by atoms with Crippen molar-refractivity contribution in [1.29, 1.82) is 0 Å². The van der Waals surface area contributed by atoms with E-state index in [9.17, 15) is 4.39 Å². The molecule has 82 valence electrons. The van der Waals surface area contributed by atoms with Gasteiger partial charge in [0, 0.05) is 0 Å². The summed E-state index contributed by atoms with van der Waals surface area (Å²) in [5, 5.41) is 8.71. The van der Waals surface area contributed by atoms with Crippen molar-refractivity contribution in [3.05, 3.63) is 35.6 Å². The largest absolute Gasteiger partial charge is 0.394 e. The van der Waals surface area contributed by atoms with E-state index in [4.69, 9.17) is 14.6 Å². The van der Waals surface area contributed by atoms with Crippen molar-refractivity contribution in [2.45, 2.75) is 5.60 Å². The van der Waals surface area contributed by atoms with Gasteiger partial charge < -0.3 is 14.6 Å². The number of hydrogen-bond donors (Lipinski definition) is 1. The van der Waals surface area contributed by atoms with Crippen molar-refractivity contribution >= 4 is 0 Å². The lowest BCUT2D eigenvalue weighted by Gasteiger charge is -2.41. The van der Waals surface area contributed by atoms with Crippen LogP contribution in [-0.4, -0.2) is 31.5 Å². The summed E-state index contributed by atoms with van der Waals surface area (Å²) in [7, 11) is 0. The van der Waals surface area contributed by atoms with E-state index in [0.29, 0.717) is 13.2 Å². The molecule has 4 heteroatoms. The zero-order valence-electron chi connectivity index (χ0n) is 8.28. The normalized spacial score (nSPS) is 18.5. The molecule has 1 heterocycles. The summed E-state index contributed by atoms with van der Waals surface area (Å²) < 4.78 is 23.6. The second-order valence-corrected chi connectivity index (χ2v) is 3.57. The Labute approximate surface area is 87.4 Å². The average molecular weight is 212 g/mol. The van der Waals surface area contributed by atoms with Gasteiger partial charge in [-0.05, 0) is 17.7 Å². The van der Waals surface area contributed by atoms with Gasteiger partial charge in [0.15, 0.2) is 0 Å². The van der Waals surface area contributed by atoms with Gasteiger partial charge in [0.05, 0.1) is 26.4 Å². The maximum atomic E-state index is 13.0. The summed E-state index contributed by atoms with van der Waals surface area (Å²) >= 11 is 0. The Morgan fingerprint density at radius 2 is 2.27 bits per heavy atom. The predicted molar refractivity (Wildman–Crippen MR) is 51.9 cm³/mol. The van der Waals surface area contributed by atoms with E-state index >= 15 is 0 Å². The van der Waals surface area contributed by atoms with Crippen LogP contribution in [0.4, 0.5) is 4.39 Å². The molecule has 1 aliphatic heterocycles. The molecule has 0 aromatic heterocycles. The predicted octanol–water partition coefficient (Wildman–Crippen LogP) is 1.06. The molecule has 0 aliphatic carbocycles. The van der Waals surface area contributed by atoms with Gasteiger partial charge in [-0.25, -0.2) is 4.39 Å². The molecule has 0 amide bonds. The number of ether oxygens (including phenoxy) is 2. The summed E-state index contributed by atoms with van der Waals surface area (Å²) in [6, 6.07) is 6.29. The SMILES string of the molecule is OCCOC1(c2cccc(F)c2)COC1. The van der Waals surface area contributed by atoms with Gasteiger partial charge in [-0.1, -0.05) is 12.1 Å². The molecular formula is C11H13FO3. The van der Waals surface area contributed by atoms with Crippen LogP contribution in [0.15, 0.2) is 24.3 Å². The Bertz CT molecular complexity index is 336. The Balaban J connectivity index is 2.18. The van der Waals surface area contributed by atoms with Crippen LogP contribution in [-0.2, 0) is 15.1 Å². The standard InChI is InChI=1S/C11H13FO3/c12-10-3-1-2-9(6-10)11(7-14-8-11)15-5-4-13/h1-3,6,13H,4-5,7-8H2. The Morgan fingerprint density at radius 3 is 2.80 bits per heavy atom. The van der Waals surface area contributed by atoms with Gasteiger partial charge in [0.2, 0.25) is 0 Å². The van der Waals surface area contributed by atoms with Crippen LogP contribution in [0.2, 0.25) is 0 Å². The van der Waals surface area contributed by atoms with Gasteiger partial charge in [0.1, 0.15) is 11.4 Å². The van der Waals surface area contributed by atoms with Crippen molar-refractivity contribution in [2.24, 2.45) is 0 Å². The quantitative estimate of drug-likeness (QED) is 0.811. The lowest BCUT2D eigenvalue weighted by molar-refractivity contribution is -0.219. The molecule has 0 radical (unpaired) electrons. The number of halogens is 1. The minimum absolute atomic E-state index is 0.0446. The van der Waals surface area contributed by atoms with E-state index in [1.54, 1.807) is 6.07 Å². The molecule has 1 aromatic rings. The smallest absolute Gasteiger partial charge is 0.140 e. The molecule has 0 unspecified atom stereocenters. The fraction of sp³-hybridized carbons (Fsp3) is 0.455. The van der Waals surface area contributed by atoms with E-state index in [2.05, 4.69) is 0 Å². The zero-order chi connectivity index (χ0) is 10.7. The van der Waals surface area contributed by atoms with E-state index < -0.39 is 5.60 Å². The highest BCUT2D eigenvalue weighted by atomic mass is 19.1. The first-order valence-corrected chi connectivity index (χ1v) is 4.85. The Morgan fingerprint density at radius 1 is 1.47 bits per heavy atom. The van der Waals surface area contributed by atoms with Crippen molar-refractivity contribution in [3.8, 4) is 0 Å². The van der Waals surface area contributed by atoms with Crippen LogP contribution in [0.1, 0.15) is 5.56 Å². The fourth-order valence-electron chi connectivity index (χ4n) is 1.63. The second kappa shape index (κ2) is 4.26. The first kappa shape index (κ1) is 10.5. The molecule has 2 rings (SSSR count). The van der Waals surface area contributed by atoms with Crippen LogP contribution in [0, 0.1) is 5.82 Å². The van der Waals surface area contributed by atoms with Crippen LogP contribution >= 0.6 is 0 Å². The number of hydrogen-bond acceptors (Lipinski definition) is 3. The summed E-state index contributed by atoms with van der Waals surface area (Å²) in [5.41, 5.74) is 0.201. The minimum atomic E-state index is -0.565. The van der Waals surface area contributed by atoms with Crippen molar-refractivity contribution < 1.29 is 19.0 Å². The molecule has 1 saturated heterocycles. The number of aliphatic hydroxyl groups is 1. The first-order valence-electron chi connectivity index (χ1n) is 4.85. The highest BCUT2D eigenvalue weighted by molar-refractivity contribution is 5.25. The van der Waals surface area contributed by atoms with Crippen LogP contribution in [0.5, 0.6) is 0 Å². The third kappa shape index (κ3) is 2.02. The molecule has 3 nitrogen and oxygen atoms in total. The van der Waals surface area contributed by atoms with E-state index in [0.717, 1.165) is 5.56 Å². The van der Waals surface area contributed by atoms with Crippen LogP contribution < -0.4 is 0 Å². The van der Waals surface area contributed by atoms with Crippen LogP contribution in [0.25, 0.3) is 0 Å². The third-order valence-electron chi connectivity index (χ3n) is 2.49. The van der Waals surface area contributed by atoms with E-state index in [1.165, 1.54) is 12.1 Å². The van der Waals surface area contributed by atoms with Gasteiger partial charge in [-0.15, -0.1) is 0 Å². The third-order valence-corrected chi connectivity index (χ3v) is 2.49. The number of rotatable bonds is 4. The highest BCUT2D eigenvalue weighted by Crippen LogP contribution is 2.33. The highest BCUT2D eigenvalue weighted by Gasteiger charge is 2.41. The molecule has 15 heavy (non-hydrogen) atoms. The molecule has 1 aliphatic rings. The molecule has 0 atom stereocenters. The monoisotopic (exact) mass is 212 g/mol. The first-order chi connectivity index (χ1) is 7.27. The molecule has 1 N–H and O–H groups in total. The number of aliphatic hydroxyl groups excluding tert-OH is 1. The summed E-state index contributed by atoms with van der Waals surface area (Å²) in [6.45, 7) is 1.02. The van der Waals surface area contributed by atoms with E-state index in [-0.39, 0.29) is 19.0 Å². The maximum Gasteiger partial charge on any atom is 0.140 e. The van der Waals surface area contributed by atoms with Crippen molar-refractivity contribution in [3.63, 3.8) is 0 Å². The van der Waals surface area contributed by atoms with Gasteiger partial charge in [0.25, 0.3) is 0 Å². The van der Waals surface area contributed by atoms with Crippen LogP contribution in [0.3, 0.4) is 0 Å². The topological polar surface area (TPSA) is 38.7 Å². The number of benzene rings is 1. The molecule has 0 spiro atoms. The molecule has 0 bridgehead atoms. The van der Waals surface area contributed by atoms with Crippen molar-refractivity contribution in [1.82, 2.24) is 0 Å². The summed E-state index contributed by atoms with van der Waals surface area (Å²) in [5.74, 6) is -0.286.